The summed E-state index contributed by atoms with van der Waals surface area (Å²) < 4.78 is 1.97. The van der Waals surface area contributed by atoms with Gasteiger partial charge in [0, 0.05) is 24.7 Å². The second kappa shape index (κ2) is 9.15. The van der Waals surface area contributed by atoms with Gasteiger partial charge in [-0.05, 0) is 56.7 Å². The lowest BCUT2D eigenvalue weighted by Gasteiger charge is -2.25. The first-order valence-corrected chi connectivity index (χ1v) is 9.51. The van der Waals surface area contributed by atoms with E-state index in [4.69, 9.17) is 5.73 Å². The van der Waals surface area contributed by atoms with Gasteiger partial charge in [-0.3, -0.25) is 4.79 Å². The third-order valence-electron chi connectivity index (χ3n) is 5.36. The van der Waals surface area contributed by atoms with E-state index in [1.165, 1.54) is 11.1 Å². The van der Waals surface area contributed by atoms with Gasteiger partial charge in [0.15, 0.2) is 5.78 Å². The van der Waals surface area contributed by atoms with Crippen molar-refractivity contribution in [1.29, 1.82) is 0 Å². The highest BCUT2D eigenvalue weighted by Gasteiger charge is 2.22. The van der Waals surface area contributed by atoms with Crippen LogP contribution in [0.1, 0.15) is 59.9 Å². The minimum Gasteiger partial charge on any atom is -0.394 e. The first kappa shape index (κ1) is 20.4. The third kappa shape index (κ3) is 5.29. The van der Waals surface area contributed by atoms with Crippen molar-refractivity contribution in [2.45, 2.75) is 57.9 Å². The zero-order chi connectivity index (χ0) is 19.2. The van der Waals surface area contributed by atoms with E-state index in [1.54, 1.807) is 0 Å². The Bertz CT molecular complexity index is 729. The lowest BCUT2D eigenvalue weighted by atomic mass is 9.92. The molecule has 1 aromatic heterocycles. The van der Waals surface area contributed by atoms with Gasteiger partial charge in [-0.2, -0.15) is 0 Å². The number of aliphatic hydroxyl groups excluding tert-OH is 1. The monoisotopic (exact) mass is 356 g/mol. The molecule has 0 bridgehead atoms. The second-order valence-corrected chi connectivity index (χ2v) is 7.41. The molecule has 142 valence electrons. The van der Waals surface area contributed by atoms with Gasteiger partial charge in [0.25, 0.3) is 0 Å². The van der Waals surface area contributed by atoms with E-state index in [9.17, 15) is 9.90 Å². The van der Waals surface area contributed by atoms with E-state index in [1.807, 2.05) is 30.7 Å². The summed E-state index contributed by atoms with van der Waals surface area (Å²) in [7, 11) is 1.94. The Labute approximate surface area is 157 Å². The lowest BCUT2D eigenvalue weighted by molar-refractivity contribution is 0.0972. The summed E-state index contributed by atoms with van der Waals surface area (Å²) in [6, 6.07) is 12.4. The van der Waals surface area contributed by atoms with Crippen molar-refractivity contribution in [1.82, 2.24) is 4.57 Å². The zero-order valence-corrected chi connectivity index (χ0v) is 16.3. The van der Waals surface area contributed by atoms with Crippen molar-refractivity contribution < 1.29 is 9.90 Å². The van der Waals surface area contributed by atoms with E-state index >= 15 is 0 Å². The van der Waals surface area contributed by atoms with Gasteiger partial charge in [0.2, 0.25) is 0 Å². The van der Waals surface area contributed by atoms with Crippen LogP contribution in [-0.4, -0.2) is 27.6 Å². The number of carbonyl (C=O) groups is 1. The molecule has 0 saturated heterocycles. The fourth-order valence-corrected chi connectivity index (χ4v) is 3.28. The van der Waals surface area contributed by atoms with Crippen LogP contribution in [0.3, 0.4) is 0 Å². The molecule has 0 aliphatic rings. The second-order valence-electron chi connectivity index (χ2n) is 7.41. The number of nitrogens with two attached hydrogens (primary N) is 1. The van der Waals surface area contributed by atoms with Gasteiger partial charge in [0.1, 0.15) is 0 Å². The predicted octanol–water partition coefficient (Wildman–Crippen LogP) is 3.57. The molecule has 1 unspecified atom stereocenters. The largest absolute Gasteiger partial charge is 0.394 e. The van der Waals surface area contributed by atoms with Crippen LogP contribution in [0.5, 0.6) is 0 Å². The van der Waals surface area contributed by atoms with Crippen LogP contribution in [-0.2, 0) is 19.9 Å². The zero-order valence-electron chi connectivity index (χ0n) is 16.3. The van der Waals surface area contributed by atoms with Crippen molar-refractivity contribution >= 4 is 5.78 Å². The Morgan fingerprint density at radius 2 is 2.00 bits per heavy atom. The molecule has 0 radical (unpaired) electrons. The fourth-order valence-electron chi connectivity index (χ4n) is 3.28. The third-order valence-corrected chi connectivity index (χ3v) is 5.36. The number of aliphatic hydroxyl groups is 1. The Morgan fingerprint density at radius 3 is 2.65 bits per heavy atom. The van der Waals surface area contributed by atoms with Crippen LogP contribution >= 0.6 is 0 Å². The van der Waals surface area contributed by atoms with Gasteiger partial charge >= 0.3 is 0 Å². The Kier molecular flexibility index (Phi) is 7.18. The molecule has 4 nitrogen and oxygen atoms in total. The number of hydrogen-bond donors (Lipinski definition) is 2. The maximum absolute atomic E-state index is 12.6. The first-order chi connectivity index (χ1) is 12.4. The molecule has 1 heterocycles. The Balaban J connectivity index is 1.90. The molecule has 2 aromatic rings. The molecule has 26 heavy (non-hydrogen) atoms. The molecule has 0 spiro atoms. The molecular formula is C22H32N2O2. The number of Topliss-reactive ketones (excluding diaryl/α,β-unsaturated/α-hetero) is 1. The normalized spacial score (nSPS) is 13.6. The minimum atomic E-state index is -0.539. The molecule has 1 aromatic carbocycles. The fraction of sp³-hybridized carbons (Fsp3) is 0.500. The molecule has 1 atom stereocenters. The van der Waals surface area contributed by atoms with Crippen molar-refractivity contribution in [2.75, 3.05) is 6.61 Å². The van der Waals surface area contributed by atoms with Gasteiger partial charge in [0.05, 0.1) is 12.3 Å². The maximum atomic E-state index is 12.6. The molecule has 0 fully saturated rings. The number of nitrogens with zero attached hydrogens (tertiary/aromatic N) is 1. The highest BCUT2D eigenvalue weighted by molar-refractivity contribution is 5.94. The van der Waals surface area contributed by atoms with Gasteiger partial charge < -0.3 is 15.4 Å². The number of aromatic nitrogens is 1. The van der Waals surface area contributed by atoms with Crippen molar-refractivity contribution in [3.8, 4) is 0 Å². The summed E-state index contributed by atoms with van der Waals surface area (Å²) in [5.41, 5.74) is 10.0. The molecule has 0 amide bonds. The van der Waals surface area contributed by atoms with Crippen molar-refractivity contribution in [3.05, 3.63) is 58.9 Å². The van der Waals surface area contributed by atoms with Crippen molar-refractivity contribution in [2.24, 2.45) is 12.8 Å². The number of aryl methyl sites for hydroxylation is 3. The molecule has 2 rings (SSSR count). The number of benzene rings is 1. The smallest absolute Gasteiger partial charge is 0.179 e. The summed E-state index contributed by atoms with van der Waals surface area (Å²) in [6.07, 6.45) is 4.54. The van der Waals surface area contributed by atoms with Crippen LogP contribution in [0.15, 0.2) is 36.4 Å². The summed E-state index contributed by atoms with van der Waals surface area (Å²) in [5, 5.41) is 9.45. The maximum Gasteiger partial charge on any atom is 0.179 e. The summed E-state index contributed by atoms with van der Waals surface area (Å²) >= 11 is 0. The lowest BCUT2D eigenvalue weighted by Crippen LogP contribution is -2.43. The number of carbonyl (C=O) groups excluding carboxylic acids is 1. The summed E-state index contributed by atoms with van der Waals surface area (Å²) in [4.78, 5) is 12.6. The predicted molar refractivity (Wildman–Crippen MR) is 106 cm³/mol. The quantitative estimate of drug-likeness (QED) is 0.640. The van der Waals surface area contributed by atoms with E-state index in [0.29, 0.717) is 12.8 Å². The Morgan fingerprint density at radius 1 is 1.23 bits per heavy atom. The minimum absolute atomic E-state index is 0.0152. The Hall–Kier alpha value is -1.91. The summed E-state index contributed by atoms with van der Waals surface area (Å²) in [6.45, 7) is 4.06. The molecular weight excluding hydrogens is 324 g/mol. The van der Waals surface area contributed by atoms with E-state index in [0.717, 1.165) is 37.1 Å². The van der Waals surface area contributed by atoms with Crippen LogP contribution in [0, 0.1) is 6.92 Å². The topological polar surface area (TPSA) is 68.2 Å². The molecule has 0 saturated carbocycles. The standard InChI is InChI=1S/C22H32N2O2/c1-4-22(23,16-25)14-13-19-11-12-20(24(19)3)21(26)10-6-9-18-8-5-7-17(2)15-18/h5,7-8,11-12,15,25H,4,6,9-10,13-14,16,23H2,1-3H3. The molecule has 0 aliphatic heterocycles. The van der Waals surface area contributed by atoms with E-state index < -0.39 is 5.54 Å². The van der Waals surface area contributed by atoms with Gasteiger partial charge in [-0.15, -0.1) is 0 Å². The van der Waals surface area contributed by atoms with E-state index in [2.05, 4.69) is 31.2 Å². The average Bonchev–Trinajstić information content (AvgIpc) is 3.00. The van der Waals surface area contributed by atoms with Crippen molar-refractivity contribution in [3.63, 3.8) is 0 Å². The van der Waals surface area contributed by atoms with Crippen LogP contribution in [0.4, 0.5) is 0 Å². The van der Waals surface area contributed by atoms with Crippen LogP contribution < -0.4 is 5.73 Å². The van der Waals surface area contributed by atoms with Gasteiger partial charge in [-0.1, -0.05) is 36.8 Å². The van der Waals surface area contributed by atoms with E-state index in [-0.39, 0.29) is 12.4 Å². The highest BCUT2D eigenvalue weighted by Crippen LogP contribution is 2.18. The molecule has 0 aliphatic carbocycles. The molecule has 4 heteroatoms. The number of hydrogen-bond acceptors (Lipinski definition) is 3. The first-order valence-electron chi connectivity index (χ1n) is 9.51. The number of rotatable bonds is 10. The van der Waals surface area contributed by atoms with Crippen LogP contribution in [0.25, 0.3) is 0 Å². The molecule has 3 N–H and O–H groups in total. The highest BCUT2D eigenvalue weighted by atomic mass is 16.3. The number of ketones is 1. The van der Waals surface area contributed by atoms with Crippen LogP contribution in [0.2, 0.25) is 0 Å². The average molecular weight is 357 g/mol. The van der Waals surface area contributed by atoms with Gasteiger partial charge in [-0.25, -0.2) is 0 Å². The SMILES string of the molecule is CCC(N)(CO)CCc1ccc(C(=O)CCCc2cccc(C)c2)n1C. The summed E-state index contributed by atoms with van der Waals surface area (Å²) in [5.74, 6) is 0.183.